The fourth-order valence-electron chi connectivity index (χ4n) is 3.02. The molecule has 32 heavy (non-hydrogen) atoms. The summed E-state index contributed by atoms with van der Waals surface area (Å²) in [6.07, 6.45) is 3.15. The van der Waals surface area contributed by atoms with Crippen LogP contribution in [0.1, 0.15) is 13.3 Å². The Kier molecular flexibility index (Phi) is 6.79. The van der Waals surface area contributed by atoms with Crippen LogP contribution >= 0.6 is 11.6 Å². The summed E-state index contributed by atoms with van der Waals surface area (Å²) >= 11 is 6.16. The van der Waals surface area contributed by atoms with E-state index in [1.165, 1.54) is 17.1 Å². The molecule has 0 spiro atoms. The highest BCUT2D eigenvalue weighted by molar-refractivity contribution is 7.92. The number of oxime groups is 1. The van der Waals surface area contributed by atoms with E-state index in [0.717, 1.165) is 24.3 Å². The number of rotatable bonds is 9. The van der Waals surface area contributed by atoms with E-state index in [0.29, 0.717) is 0 Å². The molecule has 2 aromatic heterocycles. The molecule has 9 nitrogen and oxygen atoms in total. The van der Waals surface area contributed by atoms with E-state index < -0.39 is 57.0 Å². The molecule has 1 fully saturated rings. The van der Waals surface area contributed by atoms with Gasteiger partial charge in [-0.15, -0.1) is 0 Å². The number of amides is 1. The Bertz CT molecular complexity index is 1160. The van der Waals surface area contributed by atoms with Crippen molar-refractivity contribution in [3.8, 4) is 5.69 Å². The van der Waals surface area contributed by atoms with E-state index in [9.17, 15) is 26.4 Å². The summed E-state index contributed by atoms with van der Waals surface area (Å²) in [6.45, 7) is 1.63. The standard InChI is InChI=1S/C18H19ClF3N5O4S/c1-3-26(15-8-27(24-16(15)19)13-4-12(20)6-23-7-13)17(28)14(25-31-2)10-32(29,30)9-11-5-18(11,21)22/h4,6-8,11H,3,5,9-10H2,1-2H3. The highest BCUT2D eigenvalue weighted by Gasteiger charge is 2.58. The number of carbonyl (C=O) groups excluding carboxylic acids is 1. The molecule has 0 aliphatic heterocycles. The summed E-state index contributed by atoms with van der Waals surface area (Å²) in [5, 5.41) is 7.40. The highest BCUT2D eigenvalue weighted by Crippen LogP contribution is 2.49. The molecule has 2 aromatic rings. The fourth-order valence-corrected chi connectivity index (χ4v) is 4.94. The van der Waals surface area contributed by atoms with E-state index in [1.807, 2.05) is 0 Å². The zero-order chi connectivity index (χ0) is 23.7. The monoisotopic (exact) mass is 493 g/mol. The molecular weight excluding hydrogens is 475 g/mol. The van der Waals surface area contributed by atoms with Crippen molar-refractivity contribution in [3.63, 3.8) is 0 Å². The number of sulfone groups is 1. The normalized spacial score (nSPS) is 17.8. The zero-order valence-corrected chi connectivity index (χ0v) is 18.6. The van der Waals surface area contributed by atoms with Crippen LogP contribution in [0.3, 0.4) is 0 Å². The third kappa shape index (κ3) is 5.38. The average molecular weight is 494 g/mol. The van der Waals surface area contributed by atoms with E-state index >= 15 is 0 Å². The number of anilines is 1. The number of nitrogens with zero attached hydrogens (tertiary/aromatic N) is 5. The summed E-state index contributed by atoms with van der Waals surface area (Å²) < 4.78 is 65.7. The molecule has 3 rings (SSSR count). The Labute approximate surface area is 186 Å². The van der Waals surface area contributed by atoms with Crippen molar-refractivity contribution in [3.05, 3.63) is 35.6 Å². The van der Waals surface area contributed by atoms with Gasteiger partial charge in [0.25, 0.3) is 11.8 Å². The van der Waals surface area contributed by atoms with Crippen molar-refractivity contribution in [1.82, 2.24) is 14.8 Å². The van der Waals surface area contributed by atoms with E-state index in [2.05, 4.69) is 20.1 Å². The molecule has 0 bridgehead atoms. The number of pyridine rings is 1. The van der Waals surface area contributed by atoms with Crippen LogP contribution in [0.25, 0.3) is 5.69 Å². The molecule has 174 valence electrons. The van der Waals surface area contributed by atoms with Gasteiger partial charge in [0, 0.05) is 24.9 Å². The molecule has 1 amide bonds. The topological polar surface area (TPSA) is 107 Å². The summed E-state index contributed by atoms with van der Waals surface area (Å²) in [5.74, 6) is -7.42. The SMILES string of the molecule is CCN(C(=O)C(CS(=O)(=O)CC1CC1(F)F)=NOC)c1cn(-c2cncc(F)c2)nc1Cl. The second-order valence-electron chi connectivity index (χ2n) is 7.10. The van der Waals surface area contributed by atoms with Gasteiger partial charge in [-0.25, -0.2) is 26.3 Å². The van der Waals surface area contributed by atoms with Crippen LogP contribution in [-0.4, -0.2) is 65.9 Å². The maximum Gasteiger partial charge on any atom is 0.277 e. The average Bonchev–Trinajstić information content (AvgIpc) is 3.11. The van der Waals surface area contributed by atoms with Gasteiger partial charge >= 0.3 is 0 Å². The Balaban J connectivity index is 1.85. The summed E-state index contributed by atoms with van der Waals surface area (Å²) in [5.41, 5.74) is -0.173. The molecular formula is C18H19ClF3N5O4S. The number of hydrogen-bond acceptors (Lipinski definition) is 7. The van der Waals surface area contributed by atoms with Crippen molar-refractivity contribution < 1.29 is 31.2 Å². The van der Waals surface area contributed by atoms with E-state index in [1.54, 1.807) is 6.92 Å². The maximum atomic E-state index is 13.5. The summed E-state index contributed by atoms with van der Waals surface area (Å²) in [4.78, 5) is 22.5. The number of carbonyl (C=O) groups is 1. The van der Waals surface area contributed by atoms with Crippen LogP contribution < -0.4 is 4.90 Å². The summed E-state index contributed by atoms with van der Waals surface area (Å²) in [6, 6.07) is 1.15. The van der Waals surface area contributed by atoms with Crippen molar-refractivity contribution in [2.24, 2.45) is 11.1 Å². The smallest absolute Gasteiger partial charge is 0.277 e. The molecule has 1 atom stereocenters. The predicted octanol–water partition coefficient (Wildman–Crippen LogP) is 2.49. The lowest BCUT2D eigenvalue weighted by molar-refractivity contribution is -0.112. The lowest BCUT2D eigenvalue weighted by Crippen LogP contribution is -2.40. The Morgan fingerprint density at radius 1 is 1.44 bits per heavy atom. The number of hydrogen-bond donors (Lipinski definition) is 0. The fraction of sp³-hybridized carbons (Fsp3) is 0.444. The quantitative estimate of drug-likeness (QED) is 0.392. The van der Waals surface area contributed by atoms with E-state index in [4.69, 9.17) is 11.6 Å². The van der Waals surface area contributed by atoms with Crippen molar-refractivity contribution in [2.45, 2.75) is 19.3 Å². The first kappa shape index (κ1) is 24.0. The van der Waals surface area contributed by atoms with Gasteiger partial charge in [0.05, 0.1) is 30.0 Å². The predicted molar refractivity (Wildman–Crippen MR) is 111 cm³/mol. The largest absolute Gasteiger partial charge is 0.399 e. The van der Waals surface area contributed by atoms with Crippen molar-refractivity contribution in [2.75, 3.05) is 30.1 Å². The number of aromatic nitrogens is 3. The second-order valence-corrected chi connectivity index (χ2v) is 9.56. The summed E-state index contributed by atoms with van der Waals surface area (Å²) in [7, 11) is -2.96. The van der Waals surface area contributed by atoms with Gasteiger partial charge in [-0.05, 0) is 6.92 Å². The van der Waals surface area contributed by atoms with Gasteiger partial charge in [-0.2, -0.15) is 5.10 Å². The highest BCUT2D eigenvalue weighted by atomic mass is 35.5. The molecule has 14 heteroatoms. The van der Waals surface area contributed by atoms with Crippen molar-refractivity contribution in [1.29, 1.82) is 0 Å². The van der Waals surface area contributed by atoms with Gasteiger partial charge < -0.3 is 9.74 Å². The zero-order valence-electron chi connectivity index (χ0n) is 17.0. The van der Waals surface area contributed by atoms with Crippen LogP contribution in [0.4, 0.5) is 18.9 Å². The second kappa shape index (κ2) is 9.06. The van der Waals surface area contributed by atoms with Gasteiger partial charge in [0.2, 0.25) is 0 Å². The minimum Gasteiger partial charge on any atom is -0.399 e. The van der Waals surface area contributed by atoms with Crippen LogP contribution in [0, 0.1) is 11.7 Å². The molecule has 1 unspecified atom stereocenters. The van der Waals surface area contributed by atoms with Crippen LogP contribution in [-0.2, 0) is 19.5 Å². The number of halogens is 4. The molecule has 0 aromatic carbocycles. The van der Waals surface area contributed by atoms with Gasteiger partial charge in [0.15, 0.2) is 20.7 Å². The number of alkyl halides is 2. The van der Waals surface area contributed by atoms with Crippen LogP contribution in [0.2, 0.25) is 5.15 Å². The van der Waals surface area contributed by atoms with Gasteiger partial charge in [-0.1, -0.05) is 16.8 Å². The third-order valence-corrected chi connectivity index (χ3v) is 6.57. The van der Waals surface area contributed by atoms with Gasteiger partial charge in [0.1, 0.15) is 24.4 Å². The molecule has 0 radical (unpaired) electrons. The first-order valence-corrected chi connectivity index (χ1v) is 11.5. The Morgan fingerprint density at radius 2 is 2.12 bits per heavy atom. The van der Waals surface area contributed by atoms with E-state index in [-0.39, 0.29) is 23.1 Å². The van der Waals surface area contributed by atoms with Crippen LogP contribution in [0.15, 0.2) is 29.8 Å². The third-order valence-electron chi connectivity index (χ3n) is 4.67. The minimum absolute atomic E-state index is 0.0368. The molecule has 1 aliphatic carbocycles. The molecule has 1 aliphatic rings. The molecule has 0 N–H and O–H groups in total. The van der Waals surface area contributed by atoms with Crippen molar-refractivity contribution >= 4 is 38.7 Å². The lowest BCUT2D eigenvalue weighted by atomic mass is 10.3. The molecule has 1 saturated carbocycles. The minimum atomic E-state index is -4.07. The maximum absolute atomic E-state index is 13.5. The molecule has 2 heterocycles. The molecule has 0 saturated heterocycles. The first-order chi connectivity index (χ1) is 15.0. The first-order valence-electron chi connectivity index (χ1n) is 9.33. The van der Waals surface area contributed by atoms with Crippen LogP contribution in [0.5, 0.6) is 0 Å². The lowest BCUT2D eigenvalue weighted by Gasteiger charge is -2.20. The Hall–Kier alpha value is -2.67. The van der Waals surface area contributed by atoms with Gasteiger partial charge in [-0.3, -0.25) is 9.78 Å². The Morgan fingerprint density at radius 3 is 2.69 bits per heavy atom.